The van der Waals surface area contributed by atoms with Gasteiger partial charge in [0.25, 0.3) is 0 Å². The van der Waals surface area contributed by atoms with Crippen LogP contribution in [0.15, 0.2) is 53.7 Å². The Balaban J connectivity index is 1.69. The van der Waals surface area contributed by atoms with E-state index in [4.69, 9.17) is 0 Å². The summed E-state index contributed by atoms with van der Waals surface area (Å²) in [5.41, 5.74) is 3.01. The van der Waals surface area contributed by atoms with E-state index in [0.717, 1.165) is 17.3 Å². The third kappa shape index (κ3) is 2.62. The second kappa shape index (κ2) is 5.81. The molecule has 1 N–H and O–H groups in total. The number of halogens is 2. The Labute approximate surface area is 136 Å². The van der Waals surface area contributed by atoms with Gasteiger partial charge >= 0.3 is 0 Å². The zero-order valence-electron chi connectivity index (χ0n) is 12.5. The number of hydrogen-bond acceptors (Lipinski definition) is 4. The first-order chi connectivity index (χ1) is 11.7. The lowest BCUT2D eigenvalue weighted by atomic mass is 10.1. The third-order valence-electron chi connectivity index (χ3n) is 3.76. The molecule has 4 rings (SSSR count). The van der Waals surface area contributed by atoms with Crippen LogP contribution in [-0.4, -0.2) is 16.2 Å². The van der Waals surface area contributed by atoms with Crippen molar-refractivity contribution < 1.29 is 8.78 Å². The maximum Gasteiger partial charge on any atom is 0.184 e. The highest BCUT2D eigenvalue weighted by Crippen LogP contribution is 2.25. The molecule has 0 fully saturated rings. The summed E-state index contributed by atoms with van der Waals surface area (Å²) in [4.78, 5) is 12.2. The van der Waals surface area contributed by atoms with Gasteiger partial charge in [-0.1, -0.05) is 18.2 Å². The smallest absolute Gasteiger partial charge is 0.184 e. The minimum atomic E-state index is -0.607. The molecule has 0 saturated heterocycles. The van der Waals surface area contributed by atoms with Crippen molar-refractivity contribution in [3.05, 3.63) is 71.4 Å². The molecule has 0 unspecified atom stereocenters. The van der Waals surface area contributed by atoms with E-state index < -0.39 is 11.6 Å². The van der Waals surface area contributed by atoms with Gasteiger partial charge < -0.3 is 5.32 Å². The van der Waals surface area contributed by atoms with Crippen molar-refractivity contribution in [2.75, 3.05) is 5.32 Å². The van der Waals surface area contributed by atoms with Crippen molar-refractivity contribution >= 4 is 17.7 Å². The Hall–Kier alpha value is -3.15. The van der Waals surface area contributed by atoms with Crippen LogP contribution in [0.1, 0.15) is 11.1 Å². The molecule has 0 spiro atoms. The molecule has 0 atom stereocenters. The molecular weight excluding hydrogens is 310 g/mol. The van der Waals surface area contributed by atoms with Crippen LogP contribution in [0.5, 0.6) is 0 Å². The van der Waals surface area contributed by atoms with Crippen LogP contribution in [0.25, 0.3) is 11.4 Å². The van der Waals surface area contributed by atoms with Crippen LogP contribution >= 0.6 is 0 Å². The van der Waals surface area contributed by atoms with E-state index in [2.05, 4.69) is 20.3 Å². The average molecular weight is 322 g/mol. The van der Waals surface area contributed by atoms with Gasteiger partial charge in [0, 0.05) is 11.9 Å². The van der Waals surface area contributed by atoms with E-state index in [1.807, 2.05) is 18.2 Å². The molecule has 0 radical (unpaired) electrons. The monoisotopic (exact) mass is 322 g/mol. The quantitative estimate of drug-likeness (QED) is 0.790. The maximum atomic E-state index is 14.0. The average Bonchev–Trinajstić information content (AvgIpc) is 3.05. The molecule has 118 valence electrons. The number of hydrogen-bond donors (Lipinski definition) is 1. The molecule has 1 aromatic heterocycles. The zero-order valence-corrected chi connectivity index (χ0v) is 12.5. The van der Waals surface area contributed by atoms with Crippen LogP contribution in [0.2, 0.25) is 0 Å². The lowest BCUT2D eigenvalue weighted by Gasteiger charge is -2.10. The molecule has 1 aliphatic rings. The van der Waals surface area contributed by atoms with Gasteiger partial charge in [0.15, 0.2) is 17.5 Å². The summed E-state index contributed by atoms with van der Waals surface area (Å²) in [5.74, 6) is -0.939. The molecule has 6 heteroatoms. The molecule has 2 aromatic carbocycles. The zero-order chi connectivity index (χ0) is 16.5. The molecule has 1 aliphatic heterocycles. The highest BCUT2D eigenvalue weighted by Gasteiger charge is 2.13. The minimum Gasteiger partial charge on any atom is -0.338 e. The van der Waals surface area contributed by atoms with Crippen LogP contribution in [0.4, 0.5) is 20.3 Å². The van der Waals surface area contributed by atoms with Crippen LogP contribution in [0, 0.1) is 11.6 Å². The van der Waals surface area contributed by atoms with Gasteiger partial charge in [-0.15, -0.1) is 0 Å². The van der Waals surface area contributed by atoms with Crippen LogP contribution in [-0.2, 0) is 6.54 Å². The van der Waals surface area contributed by atoms with Gasteiger partial charge in [-0.25, -0.2) is 18.7 Å². The summed E-state index contributed by atoms with van der Waals surface area (Å²) in [5, 5.41) is 2.92. The third-order valence-corrected chi connectivity index (χ3v) is 3.76. The normalized spacial score (nSPS) is 12.2. The summed E-state index contributed by atoms with van der Waals surface area (Å²) in [7, 11) is 0. The number of nitrogens with zero attached hydrogens (tertiary/aromatic N) is 3. The first-order valence-corrected chi connectivity index (χ1v) is 7.38. The Morgan fingerprint density at radius 1 is 1.00 bits per heavy atom. The fourth-order valence-electron chi connectivity index (χ4n) is 2.54. The van der Waals surface area contributed by atoms with Crippen molar-refractivity contribution in [2.45, 2.75) is 6.54 Å². The number of anilines is 2. The highest BCUT2D eigenvalue weighted by molar-refractivity contribution is 5.86. The summed E-state index contributed by atoms with van der Waals surface area (Å²) < 4.78 is 27.9. The van der Waals surface area contributed by atoms with Crippen LogP contribution in [0.3, 0.4) is 0 Å². The van der Waals surface area contributed by atoms with E-state index in [0.29, 0.717) is 12.2 Å². The van der Waals surface area contributed by atoms with Gasteiger partial charge in [-0.05, 0) is 35.4 Å². The Morgan fingerprint density at radius 2 is 1.88 bits per heavy atom. The van der Waals surface area contributed by atoms with E-state index in [1.165, 1.54) is 6.07 Å². The Morgan fingerprint density at radius 3 is 2.75 bits per heavy atom. The first-order valence-electron chi connectivity index (χ1n) is 7.38. The van der Waals surface area contributed by atoms with Crippen molar-refractivity contribution in [1.82, 2.24) is 9.97 Å². The molecule has 0 aliphatic carbocycles. The molecule has 0 bridgehead atoms. The molecule has 4 nitrogen and oxygen atoms in total. The molecular formula is C18H12F2N4. The van der Waals surface area contributed by atoms with E-state index in [1.54, 1.807) is 24.4 Å². The van der Waals surface area contributed by atoms with Crippen molar-refractivity contribution in [1.29, 1.82) is 0 Å². The van der Waals surface area contributed by atoms with E-state index in [-0.39, 0.29) is 17.2 Å². The standard InChI is InChI=1S/C18H12F2N4/c19-15-4-2-1-3-14(15)17-22-10-16(20)18(24-17)23-13-6-5-11-8-21-9-12(11)7-13/h1-7,9-10H,8H2,(H,22,23,24). The predicted octanol–water partition coefficient (Wildman–Crippen LogP) is 4.10. The predicted molar refractivity (Wildman–Crippen MR) is 88.4 cm³/mol. The number of benzene rings is 2. The second-order valence-corrected chi connectivity index (χ2v) is 5.38. The van der Waals surface area contributed by atoms with E-state index >= 15 is 0 Å². The Bertz CT molecular complexity index is 953. The topological polar surface area (TPSA) is 50.2 Å². The largest absolute Gasteiger partial charge is 0.338 e. The summed E-state index contributed by atoms with van der Waals surface area (Å²) in [6.45, 7) is 0.662. The van der Waals surface area contributed by atoms with E-state index in [9.17, 15) is 8.78 Å². The molecule has 0 amide bonds. The van der Waals surface area contributed by atoms with Crippen molar-refractivity contribution in [3.63, 3.8) is 0 Å². The van der Waals surface area contributed by atoms with Gasteiger partial charge in [-0.2, -0.15) is 0 Å². The van der Waals surface area contributed by atoms with Gasteiger partial charge in [0.05, 0.1) is 18.3 Å². The number of aromatic nitrogens is 2. The lowest BCUT2D eigenvalue weighted by molar-refractivity contribution is 0.616. The fraction of sp³-hybridized carbons (Fsp3) is 0.0556. The maximum absolute atomic E-state index is 14.0. The lowest BCUT2D eigenvalue weighted by Crippen LogP contribution is -2.02. The summed E-state index contributed by atoms with van der Waals surface area (Å²) >= 11 is 0. The molecule has 0 saturated carbocycles. The number of rotatable bonds is 3. The number of aliphatic imine (C=N–C) groups is 1. The SMILES string of the molecule is Fc1ccccc1-c1ncc(F)c(Nc2ccc3c(c2)C=NC3)n1. The van der Waals surface area contributed by atoms with Crippen LogP contribution < -0.4 is 5.32 Å². The second-order valence-electron chi connectivity index (χ2n) is 5.38. The Kier molecular flexibility index (Phi) is 3.49. The minimum absolute atomic E-state index is 0.00172. The number of nitrogens with one attached hydrogen (secondary N) is 1. The summed E-state index contributed by atoms with van der Waals surface area (Å²) in [6.07, 6.45) is 2.81. The highest BCUT2D eigenvalue weighted by atomic mass is 19.1. The fourth-order valence-corrected chi connectivity index (χ4v) is 2.54. The summed E-state index contributed by atoms with van der Waals surface area (Å²) in [6, 6.07) is 11.8. The molecule has 3 aromatic rings. The van der Waals surface area contributed by atoms with Gasteiger partial charge in [0.1, 0.15) is 5.82 Å². The van der Waals surface area contributed by atoms with Crippen molar-refractivity contribution in [2.24, 2.45) is 4.99 Å². The van der Waals surface area contributed by atoms with Crippen molar-refractivity contribution in [3.8, 4) is 11.4 Å². The molecule has 2 heterocycles. The molecule has 24 heavy (non-hydrogen) atoms. The number of fused-ring (bicyclic) bond motifs is 1. The van der Waals surface area contributed by atoms with Gasteiger partial charge in [0.2, 0.25) is 0 Å². The van der Waals surface area contributed by atoms with Gasteiger partial charge in [-0.3, -0.25) is 4.99 Å². The first kappa shape index (κ1) is 14.4.